The molecule has 5 nitrogen and oxygen atoms in total. The Hall–Kier alpha value is -2.63. The van der Waals surface area contributed by atoms with E-state index < -0.39 is 0 Å². The van der Waals surface area contributed by atoms with Crippen molar-refractivity contribution in [2.45, 2.75) is 44.8 Å². The minimum atomic E-state index is 0.479. The maximum absolute atomic E-state index is 6.02. The van der Waals surface area contributed by atoms with Crippen LogP contribution in [0.2, 0.25) is 0 Å². The highest BCUT2D eigenvalue weighted by molar-refractivity contribution is 5.82. The number of aromatic nitrogens is 1. The molecule has 0 radical (unpaired) electrons. The summed E-state index contributed by atoms with van der Waals surface area (Å²) >= 11 is 0. The zero-order chi connectivity index (χ0) is 22.3. The molecule has 0 bridgehead atoms. The summed E-state index contributed by atoms with van der Waals surface area (Å²) in [7, 11) is 0. The SMILES string of the molecule is c1ccc2cc(COCCC3CCN(c4cncc(OCC5CCCN5)c4)CC3)ccc2c1. The number of hydrogen-bond acceptors (Lipinski definition) is 5. The van der Waals surface area contributed by atoms with Gasteiger partial charge in [0, 0.05) is 31.8 Å². The van der Waals surface area contributed by atoms with E-state index in [-0.39, 0.29) is 0 Å². The monoisotopic (exact) mass is 445 g/mol. The molecular weight excluding hydrogens is 410 g/mol. The average molecular weight is 446 g/mol. The molecule has 0 saturated carbocycles. The lowest BCUT2D eigenvalue weighted by Gasteiger charge is -2.33. The Morgan fingerprint density at radius 1 is 0.970 bits per heavy atom. The number of nitrogens with zero attached hydrogens (tertiary/aromatic N) is 2. The van der Waals surface area contributed by atoms with Gasteiger partial charge in [0.15, 0.2) is 0 Å². The molecule has 3 heterocycles. The normalized spacial score (nSPS) is 19.3. The number of piperidine rings is 1. The fourth-order valence-corrected chi connectivity index (χ4v) is 5.00. The molecule has 1 aromatic heterocycles. The van der Waals surface area contributed by atoms with Crippen LogP contribution in [0.15, 0.2) is 60.9 Å². The average Bonchev–Trinajstić information content (AvgIpc) is 3.40. The van der Waals surface area contributed by atoms with Crippen LogP contribution < -0.4 is 15.0 Å². The summed E-state index contributed by atoms with van der Waals surface area (Å²) in [5.74, 6) is 1.61. The van der Waals surface area contributed by atoms with Crippen LogP contribution in [0.5, 0.6) is 5.75 Å². The van der Waals surface area contributed by atoms with Gasteiger partial charge in [-0.1, -0.05) is 36.4 Å². The van der Waals surface area contributed by atoms with Crippen LogP contribution >= 0.6 is 0 Å². The van der Waals surface area contributed by atoms with Crippen LogP contribution in [0.4, 0.5) is 5.69 Å². The molecule has 1 atom stereocenters. The molecule has 174 valence electrons. The maximum atomic E-state index is 6.02. The first-order valence-corrected chi connectivity index (χ1v) is 12.4. The van der Waals surface area contributed by atoms with Crippen molar-refractivity contribution < 1.29 is 9.47 Å². The Morgan fingerprint density at radius 3 is 2.70 bits per heavy atom. The van der Waals surface area contributed by atoms with Crippen molar-refractivity contribution in [2.24, 2.45) is 5.92 Å². The summed E-state index contributed by atoms with van der Waals surface area (Å²) in [5.41, 5.74) is 2.43. The van der Waals surface area contributed by atoms with Gasteiger partial charge in [0.1, 0.15) is 12.4 Å². The zero-order valence-corrected chi connectivity index (χ0v) is 19.4. The van der Waals surface area contributed by atoms with Crippen molar-refractivity contribution in [2.75, 3.05) is 37.7 Å². The van der Waals surface area contributed by atoms with E-state index in [0.717, 1.165) is 50.9 Å². The molecule has 2 fully saturated rings. The Balaban J connectivity index is 1.03. The van der Waals surface area contributed by atoms with Gasteiger partial charge >= 0.3 is 0 Å². The second-order valence-corrected chi connectivity index (χ2v) is 9.44. The highest BCUT2D eigenvalue weighted by atomic mass is 16.5. The van der Waals surface area contributed by atoms with E-state index in [1.165, 1.54) is 47.7 Å². The molecule has 1 N–H and O–H groups in total. The lowest BCUT2D eigenvalue weighted by Crippen LogP contribution is -2.34. The van der Waals surface area contributed by atoms with Crippen LogP contribution in [-0.2, 0) is 11.3 Å². The fourth-order valence-electron chi connectivity index (χ4n) is 5.00. The summed E-state index contributed by atoms with van der Waals surface area (Å²) in [6, 6.07) is 17.7. The van der Waals surface area contributed by atoms with E-state index in [1.54, 1.807) is 0 Å². The van der Waals surface area contributed by atoms with Crippen molar-refractivity contribution in [1.82, 2.24) is 10.3 Å². The number of fused-ring (bicyclic) bond motifs is 1. The highest BCUT2D eigenvalue weighted by Gasteiger charge is 2.20. The number of rotatable bonds is 9. The zero-order valence-electron chi connectivity index (χ0n) is 19.4. The third-order valence-electron chi connectivity index (χ3n) is 7.05. The lowest BCUT2D eigenvalue weighted by atomic mass is 9.93. The summed E-state index contributed by atoms with van der Waals surface area (Å²) in [6.45, 7) is 5.51. The third kappa shape index (κ3) is 6.04. The van der Waals surface area contributed by atoms with Gasteiger partial charge < -0.3 is 19.7 Å². The van der Waals surface area contributed by atoms with Gasteiger partial charge in [0.2, 0.25) is 0 Å². The topological polar surface area (TPSA) is 46.6 Å². The molecule has 33 heavy (non-hydrogen) atoms. The molecular formula is C28H35N3O2. The van der Waals surface area contributed by atoms with E-state index in [2.05, 4.69) is 63.7 Å². The maximum Gasteiger partial charge on any atom is 0.139 e. The van der Waals surface area contributed by atoms with Gasteiger partial charge in [-0.25, -0.2) is 0 Å². The van der Waals surface area contributed by atoms with Crippen molar-refractivity contribution in [3.63, 3.8) is 0 Å². The highest BCUT2D eigenvalue weighted by Crippen LogP contribution is 2.27. The largest absolute Gasteiger partial charge is 0.490 e. The molecule has 0 amide bonds. The summed E-state index contributed by atoms with van der Waals surface area (Å²) < 4.78 is 12.0. The molecule has 2 aromatic carbocycles. The summed E-state index contributed by atoms with van der Waals surface area (Å²) in [5, 5.41) is 6.05. The fraction of sp³-hybridized carbons (Fsp3) is 0.464. The first-order chi connectivity index (χ1) is 16.3. The first-order valence-electron chi connectivity index (χ1n) is 12.4. The van der Waals surface area contributed by atoms with E-state index in [4.69, 9.17) is 9.47 Å². The molecule has 1 unspecified atom stereocenters. The summed E-state index contributed by atoms with van der Waals surface area (Å²) in [4.78, 5) is 6.87. The van der Waals surface area contributed by atoms with Gasteiger partial charge in [-0.3, -0.25) is 4.98 Å². The van der Waals surface area contributed by atoms with Gasteiger partial charge in [-0.2, -0.15) is 0 Å². The standard InChI is InChI=1S/C28H35N3O2/c1-2-5-25-16-23(7-8-24(25)4-1)20-32-15-11-22-9-13-31(14-10-22)27-17-28(19-29-18-27)33-21-26-6-3-12-30-26/h1-2,4-5,7-8,16-19,22,26,30H,3,6,9-15,20-21H2. The van der Waals surface area contributed by atoms with E-state index in [1.807, 2.05) is 12.4 Å². The summed E-state index contributed by atoms with van der Waals surface area (Å²) in [6.07, 6.45) is 9.79. The van der Waals surface area contributed by atoms with Crippen molar-refractivity contribution in [3.8, 4) is 5.75 Å². The number of ether oxygens (including phenoxy) is 2. The number of pyridine rings is 1. The van der Waals surface area contributed by atoms with Gasteiger partial charge in [0.25, 0.3) is 0 Å². The van der Waals surface area contributed by atoms with Gasteiger partial charge in [0.05, 0.1) is 24.7 Å². The molecule has 5 rings (SSSR count). The Morgan fingerprint density at radius 2 is 1.85 bits per heavy atom. The predicted molar refractivity (Wildman–Crippen MR) is 134 cm³/mol. The molecule has 2 saturated heterocycles. The Labute approximate surface area is 197 Å². The number of hydrogen-bond donors (Lipinski definition) is 1. The smallest absolute Gasteiger partial charge is 0.139 e. The minimum Gasteiger partial charge on any atom is -0.490 e. The third-order valence-corrected chi connectivity index (χ3v) is 7.05. The molecule has 5 heteroatoms. The van der Waals surface area contributed by atoms with Gasteiger partial charge in [-0.05, 0) is 67.0 Å². The van der Waals surface area contributed by atoms with Crippen molar-refractivity contribution >= 4 is 16.5 Å². The number of anilines is 1. The van der Waals surface area contributed by atoms with Crippen molar-refractivity contribution in [1.29, 1.82) is 0 Å². The molecule has 2 aliphatic rings. The van der Waals surface area contributed by atoms with Crippen LogP contribution in [0.3, 0.4) is 0 Å². The van der Waals surface area contributed by atoms with E-state index >= 15 is 0 Å². The van der Waals surface area contributed by atoms with Crippen LogP contribution in [-0.4, -0.2) is 43.9 Å². The second kappa shape index (κ2) is 11.0. The molecule has 0 aliphatic carbocycles. The molecule has 3 aromatic rings. The predicted octanol–water partition coefficient (Wildman–Crippen LogP) is 5.19. The van der Waals surface area contributed by atoms with E-state index in [0.29, 0.717) is 12.6 Å². The van der Waals surface area contributed by atoms with Crippen LogP contribution in [0.1, 0.15) is 37.7 Å². The Bertz CT molecular complexity index is 1030. The molecule has 2 aliphatic heterocycles. The Kier molecular flexibility index (Phi) is 7.39. The quantitative estimate of drug-likeness (QED) is 0.459. The van der Waals surface area contributed by atoms with Crippen LogP contribution in [0, 0.1) is 5.92 Å². The van der Waals surface area contributed by atoms with Crippen molar-refractivity contribution in [3.05, 3.63) is 66.5 Å². The molecule has 0 spiro atoms. The van der Waals surface area contributed by atoms with Gasteiger partial charge in [-0.15, -0.1) is 0 Å². The first kappa shape index (κ1) is 22.2. The van der Waals surface area contributed by atoms with Crippen LogP contribution in [0.25, 0.3) is 10.8 Å². The second-order valence-electron chi connectivity index (χ2n) is 9.44. The minimum absolute atomic E-state index is 0.479. The number of benzene rings is 2. The van der Waals surface area contributed by atoms with E-state index in [9.17, 15) is 0 Å². The number of nitrogens with one attached hydrogen (secondary N) is 1. The lowest BCUT2D eigenvalue weighted by molar-refractivity contribution is 0.104.